The van der Waals surface area contributed by atoms with Gasteiger partial charge in [0.15, 0.2) is 0 Å². The number of nitrogens with one attached hydrogen (secondary N) is 1. The van der Waals surface area contributed by atoms with Gasteiger partial charge in [-0.05, 0) is 12.1 Å². The minimum atomic E-state index is -0.549. The number of halogens is 2. The highest BCUT2D eigenvalue weighted by Crippen LogP contribution is 2.23. The molecule has 1 nitrogen and oxygen atoms in total. The molecule has 0 radical (unpaired) electrons. The third-order valence-electron chi connectivity index (χ3n) is 2.09. The lowest BCUT2D eigenvalue weighted by Crippen LogP contribution is -2.25. The van der Waals surface area contributed by atoms with Crippen molar-refractivity contribution in [2.24, 2.45) is 0 Å². The quantitative estimate of drug-likeness (QED) is 0.617. The van der Waals surface area contributed by atoms with Crippen LogP contribution < -0.4 is 5.32 Å². The van der Waals surface area contributed by atoms with Crippen LogP contribution in [-0.2, 0) is 0 Å². The van der Waals surface area contributed by atoms with Gasteiger partial charge in [0.25, 0.3) is 0 Å². The highest BCUT2D eigenvalue weighted by atomic mass is 32.2. The lowest BCUT2D eigenvalue weighted by atomic mass is 10.3. The van der Waals surface area contributed by atoms with E-state index in [1.165, 1.54) is 23.9 Å². The van der Waals surface area contributed by atoms with E-state index in [4.69, 9.17) is 0 Å². The molecule has 1 aromatic carbocycles. The Kier molecular flexibility index (Phi) is 5.65. The van der Waals surface area contributed by atoms with Crippen LogP contribution >= 0.6 is 11.8 Å². The molecular weight excluding hydrogens is 240 g/mol. The monoisotopic (exact) mass is 257 g/mol. The van der Waals surface area contributed by atoms with Gasteiger partial charge in [-0.3, -0.25) is 0 Å². The topological polar surface area (TPSA) is 12.0 Å². The molecule has 0 spiro atoms. The molecule has 1 aromatic rings. The molecule has 0 saturated carbocycles. The molecule has 0 saturated heterocycles. The first-order chi connectivity index (χ1) is 7.99. The first-order valence-electron chi connectivity index (χ1n) is 5.47. The van der Waals surface area contributed by atoms with E-state index >= 15 is 0 Å². The van der Waals surface area contributed by atoms with Gasteiger partial charge in [0.2, 0.25) is 0 Å². The largest absolute Gasteiger partial charge is 0.311 e. The van der Waals surface area contributed by atoms with Crippen LogP contribution in [0.4, 0.5) is 8.78 Å². The average molecular weight is 257 g/mol. The fourth-order valence-corrected chi connectivity index (χ4v) is 1.99. The van der Waals surface area contributed by atoms with Gasteiger partial charge in [-0.2, -0.15) is 0 Å². The number of hydrogen-bond donors (Lipinski definition) is 1. The minimum Gasteiger partial charge on any atom is -0.311 e. The third-order valence-corrected chi connectivity index (χ3v) is 3.28. The number of hydrogen-bond acceptors (Lipinski definition) is 2. The second-order valence-electron chi connectivity index (χ2n) is 4.15. The molecule has 0 bridgehead atoms. The molecule has 1 rings (SSSR count). The summed E-state index contributed by atoms with van der Waals surface area (Å²) >= 11 is 1.33. The zero-order valence-corrected chi connectivity index (χ0v) is 10.9. The van der Waals surface area contributed by atoms with Gasteiger partial charge in [0, 0.05) is 29.3 Å². The molecule has 0 unspecified atom stereocenters. The van der Waals surface area contributed by atoms with Gasteiger partial charge < -0.3 is 5.32 Å². The van der Waals surface area contributed by atoms with Crippen molar-refractivity contribution in [3.8, 4) is 0 Å². The number of rotatable bonds is 6. The zero-order valence-electron chi connectivity index (χ0n) is 10.1. The van der Waals surface area contributed by atoms with Crippen molar-refractivity contribution in [2.75, 3.05) is 12.3 Å². The summed E-state index contributed by atoms with van der Waals surface area (Å²) in [5, 5.41) is 3.24. The van der Waals surface area contributed by atoms with Gasteiger partial charge in [0.1, 0.15) is 11.6 Å². The molecule has 17 heavy (non-hydrogen) atoms. The summed E-state index contributed by atoms with van der Waals surface area (Å²) in [5.74, 6) is -0.436. The van der Waals surface area contributed by atoms with Crippen molar-refractivity contribution < 1.29 is 8.78 Å². The standard InChI is InChI=1S/C13H17F2NS/c1-9(2)16-7-10(3)8-17-13-5-4-11(14)6-12(13)15/h4-6,9,16H,3,7-8H2,1-2H3. The maximum Gasteiger partial charge on any atom is 0.139 e. The molecule has 0 aliphatic rings. The van der Waals surface area contributed by atoms with Crippen LogP contribution in [-0.4, -0.2) is 18.3 Å². The summed E-state index contributed by atoms with van der Waals surface area (Å²) in [4.78, 5) is 0.456. The van der Waals surface area contributed by atoms with Crippen LogP contribution in [0.3, 0.4) is 0 Å². The second kappa shape index (κ2) is 6.77. The molecule has 0 amide bonds. The highest BCUT2D eigenvalue weighted by molar-refractivity contribution is 7.99. The van der Waals surface area contributed by atoms with E-state index < -0.39 is 11.6 Å². The Morgan fingerprint density at radius 1 is 1.41 bits per heavy atom. The summed E-state index contributed by atoms with van der Waals surface area (Å²) in [6, 6.07) is 4.02. The van der Waals surface area contributed by atoms with Gasteiger partial charge >= 0.3 is 0 Å². The van der Waals surface area contributed by atoms with Crippen LogP contribution in [0.1, 0.15) is 13.8 Å². The Morgan fingerprint density at radius 3 is 2.71 bits per heavy atom. The van der Waals surface area contributed by atoms with E-state index in [1.54, 1.807) is 0 Å². The molecule has 0 atom stereocenters. The predicted octanol–water partition coefficient (Wildman–Crippen LogP) is 3.61. The fraction of sp³-hybridized carbons (Fsp3) is 0.385. The van der Waals surface area contributed by atoms with Gasteiger partial charge in [-0.25, -0.2) is 8.78 Å². The molecule has 0 heterocycles. The van der Waals surface area contributed by atoms with E-state index in [-0.39, 0.29) is 0 Å². The Labute approximate surface area is 105 Å². The Hall–Kier alpha value is -0.870. The second-order valence-corrected chi connectivity index (χ2v) is 5.17. The van der Waals surface area contributed by atoms with Crippen LogP contribution in [0.5, 0.6) is 0 Å². The number of thioether (sulfide) groups is 1. The third kappa shape index (κ3) is 5.33. The first-order valence-corrected chi connectivity index (χ1v) is 6.45. The molecule has 4 heteroatoms. The van der Waals surface area contributed by atoms with Gasteiger partial charge in [0.05, 0.1) is 0 Å². The van der Waals surface area contributed by atoms with Crippen molar-refractivity contribution in [2.45, 2.75) is 24.8 Å². The van der Waals surface area contributed by atoms with Crippen molar-refractivity contribution in [3.63, 3.8) is 0 Å². The first kappa shape index (κ1) is 14.2. The van der Waals surface area contributed by atoms with Gasteiger partial charge in [-0.1, -0.05) is 26.0 Å². The summed E-state index contributed by atoms with van der Waals surface area (Å²) in [7, 11) is 0. The van der Waals surface area contributed by atoms with Gasteiger partial charge in [-0.15, -0.1) is 11.8 Å². The normalized spacial score (nSPS) is 10.9. The van der Waals surface area contributed by atoms with Crippen molar-refractivity contribution in [1.29, 1.82) is 0 Å². The molecular formula is C13H17F2NS. The van der Waals surface area contributed by atoms with Crippen molar-refractivity contribution in [3.05, 3.63) is 42.0 Å². The van der Waals surface area contributed by atoms with Crippen LogP contribution in [0, 0.1) is 11.6 Å². The smallest absolute Gasteiger partial charge is 0.139 e. The van der Waals surface area contributed by atoms with Crippen LogP contribution in [0.15, 0.2) is 35.2 Å². The van der Waals surface area contributed by atoms with Crippen molar-refractivity contribution >= 4 is 11.8 Å². The molecule has 0 aliphatic carbocycles. The SMILES string of the molecule is C=C(CNC(C)C)CSc1ccc(F)cc1F. The lowest BCUT2D eigenvalue weighted by molar-refractivity contribution is 0.565. The van der Waals surface area contributed by atoms with E-state index in [0.29, 0.717) is 23.2 Å². The Balaban J connectivity index is 2.42. The maximum absolute atomic E-state index is 13.3. The molecule has 0 aromatic heterocycles. The fourth-order valence-electron chi connectivity index (χ4n) is 1.17. The zero-order chi connectivity index (χ0) is 12.8. The maximum atomic E-state index is 13.3. The summed E-state index contributed by atoms with van der Waals surface area (Å²) < 4.78 is 26.0. The molecule has 1 N–H and O–H groups in total. The molecule has 94 valence electrons. The summed E-state index contributed by atoms with van der Waals surface area (Å²) in [6.07, 6.45) is 0. The summed E-state index contributed by atoms with van der Waals surface area (Å²) in [6.45, 7) is 8.74. The van der Waals surface area contributed by atoms with Crippen LogP contribution in [0.25, 0.3) is 0 Å². The molecule has 0 fully saturated rings. The van der Waals surface area contributed by atoms with Crippen LogP contribution in [0.2, 0.25) is 0 Å². The highest BCUT2D eigenvalue weighted by Gasteiger charge is 2.05. The predicted molar refractivity (Wildman–Crippen MR) is 69.4 cm³/mol. The van der Waals surface area contributed by atoms with E-state index in [1.807, 2.05) is 0 Å². The van der Waals surface area contributed by atoms with Crippen molar-refractivity contribution in [1.82, 2.24) is 5.32 Å². The van der Waals surface area contributed by atoms with E-state index in [9.17, 15) is 8.78 Å². The Bertz CT molecular complexity index is 391. The van der Waals surface area contributed by atoms with E-state index in [0.717, 1.165) is 11.6 Å². The Morgan fingerprint density at radius 2 is 2.12 bits per heavy atom. The van der Waals surface area contributed by atoms with E-state index in [2.05, 4.69) is 25.7 Å². The number of benzene rings is 1. The minimum absolute atomic E-state index is 0.402. The molecule has 0 aliphatic heterocycles. The summed E-state index contributed by atoms with van der Waals surface area (Å²) in [5.41, 5.74) is 0.993. The lowest BCUT2D eigenvalue weighted by Gasteiger charge is -2.10. The average Bonchev–Trinajstić information content (AvgIpc) is 2.25.